The van der Waals surface area contributed by atoms with Gasteiger partial charge in [0.25, 0.3) is 0 Å². The number of carbonyl (C=O) groups excluding carboxylic acids is 1. The molecule has 25 heavy (non-hydrogen) atoms. The van der Waals surface area contributed by atoms with Crippen LogP contribution in [0.1, 0.15) is 29.7 Å². The molecule has 4 nitrogen and oxygen atoms in total. The van der Waals surface area contributed by atoms with Crippen LogP contribution in [0.5, 0.6) is 0 Å². The molecule has 1 aliphatic heterocycles. The lowest BCUT2D eigenvalue weighted by Gasteiger charge is -2.24. The highest BCUT2D eigenvalue weighted by Crippen LogP contribution is 2.40. The number of hydrogen-bond donors (Lipinski definition) is 0. The first-order chi connectivity index (χ1) is 12.2. The van der Waals surface area contributed by atoms with Crippen molar-refractivity contribution in [3.8, 4) is 6.07 Å². The Labute approximate surface area is 150 Å². The third-order valence-corrected chi connectivity index (χ3v) is 4.66. The number of benzene rings is 1. The average molecular weight is 351 g/mol. The Hall–Kier alpha value is -2.84. The van der Waals surface area contributed by atoms with E-state index in [0.29, 0.717) is 23.7 Å². The maximum absolute atomic E-state index is 11.9. The average Bonchev–Trinajstić information content (AvgIpc) is 3.16. The van der Waals surface area contributed by atoms with Crippen molar-refractivity contribution in [3.05, 3.63) is 75.7 Å². The molecule has 126 valence electrons. The summed E-state index contributed by atoms with van der Waals surface area (Å²) >= 11 is 1.50. The smallest absolute Gasteiger partial charge is 0.313 e. The first-order valence-electron chi connectivity index (χ1n) is 8.00. The highest BCUT2D eigenvalue weighted by Gasteiger charge is 2.28. The number of hydrogen-bond acceptors (Lipinski definition) is 5. The van der Waals surface area contributed by atoms with Crippen LogP contribution in [-0.4, -0.2) is 12.6 Å². The van der Waals surface area contributed by atoms with E-state index in [1.807, 2.05) is 53.9 Å². The summed E-state index contributed by atoms with van der Waals surface area (Å²) in [5.41, 5.74) is 1.53. The highest BCUT2D eigenvalue weighted by atomic mass is 32.1. The van der Waals surface area contributed by atoms with Crippen LogP contribution in [0.2, 0.25) is 0 Å². The van der Waals surface area contributed by atoms with Gasteiger partial charge in [0, 0.05) is 5.92 Å². The van der Waals surface area contributed by atoms with Crippen LogP contribution >= 0.6 is 11.3 Å². The third-order valence-electron chi connectivity index (χ3n) is 3.79. The Kier molecular flexibility index (Phi) is 5.32. The Morgan fingerprint density at radius 1 is 1.28 bits per heavy atom. The van der Waals surface area contributed by atoms with Crippen LogP contribution in [-0.2, 0) is 14.3 Å². The molecule has 5 heteroatoms. The van der Waals surface area contributed by atoms with Crippen LogP contribution < -0.4 is 0 Å². The maximum atomic E-state index is 11.9. The topological polar surface area (TPSA) is 59.3 Å². The predicted molar refractivity (Wildman–Crippen MR) is 96.5 cm³/mol. The van der Waals surface area contributed by atoms with E-state index in [2.05, 4.69) is 6.07 Å². The summed E-state index contributed by atoms with van der Waals surface area (Å²) in [4.78, 5) is 12.7. The zero-order chi connectivity index (χ0) is 17.6. The molecule has 3 rings (SSSR count). The van der Waals surface area contributed by atoms with Gasteiger partial charge in [-0.25, -0.2) is 0 Å². The number of thiophene rings is 1. The second-order valence-corrected chi connectivity index (χ2v) is 6.38. The third kappa shape index (κ3) is 3.81. The van der Waals surface area contributed by atoms with E-state index in [4.69, 9.17) is 9.47 Å². The lowest BCUT2D eigenvalue weighted by Crippen LogP contribution is -2.14. The van der Waals surface area contributed by atoms with Gasteiger partial charge in [0.05, 0.1) is 23.1 Å². The van der Waals surface area contributed by atoms with Crippen molar-refractivity contribution in [1.29, 1.82) is 5.26 Å². The molecule has 0 aliphatic carbocycles. The van der Waals surface area contributed by atoms with Gasteiger partial charge in [0.1, 0.15) is 12.2 Å². The standard InChI is InChI=1S/C20H17NO3S/c1-2-23-19(22)12-15-11-16(14-7-4-3-5-8-14)17(13-21)20(24-15)18-9-6-10-25-18/h3-11,16H,2,12H2,1H3/t16-/m1/s1. The molecular weight excluding hydrogens is 334 g/mol. The van der Waals surface area contributed by atoms with Gasteiger partial charge in [0.15, 0.2) is 5.76 Å². The summed E-state index contributed by atoms with van der Waals surface area (Å²) < 4.78 is 11.0. The number of nitriles is 1. The van der Waals surface area contributed by atoms with Crippen molar-refractivity contribution < 1.29 is 14.3 Å². The van der Waals surface area contributed by atoms with Crippen LogP contribution in [0, 0.1) is 11.3 Å². The lowest BCUT2D eigenvalue weighted by atomic mass is 9.88. The van der Waals surface area contributed by atoms with Crippen LogP contribution in [0.25, 0.3) is 5.76 Å². The minimum Gasteiger partial charge on any atom is -0.466 e. The van der Waals surface area contributed by atoms with Crippen LogP contribution in [0.3, 0.4) is 0 Å². The van der Waals surface area contributed by atoms with Gasteiger partial charge in [-0.1, -0.05) is 36.4 Å². The van der Waals surface area contributed by atoms with Gasteiger partial charge in [0.2, 0.25) is 0 Å². The van der Waals surface area contributed by atoms with E-state index >= 15 is 0 Å². The molecule has 2 heterocycles. The fraction of sp³-hybridized carbons (Fsp3) is 0.200. The number of ether oxygens (including phenoxy) is 2. The monoisotopic (exact) mass is 351 g/mol. The summed E-state index contributed by atoms with van der Waals surface area (Å²) in [6.07, 6.45) is 1.88. The molecule has 1 atom stereocenters. The molecular formula is C20H17NO3S. The molecule has 0 saturated carbocycles. The molecule has 0 radical (unpaired) electrons. The summed E-state index contributed by atoms with van der Waals surface area (Å²) in [6.45, 7) is 2.09. The summed E-state index contributed by atoms with van der Waals surface area (Å²) in [6, 6.07) is 15.8. The number of nitrogens with zero attached hydrogens (tertiary/aromatic N) is 1. The molecule has 2 aromatic rings. The Balaban J connectivity index is 2.03. The molecule has 0 bridgehead atoms. The molecule has 1 aliphatic rings. The summed E-state index contributed by atoms with van der Waals surface area (Å²) in [7, 11) is 0. The van der Waals surface area contributed by atoms with Crippen molar-refractivity contribution in [1.82, 2.24) is 0 Å². The molecule has 0 fully saturated rings. The van der Waals surface area contributed by atoms with Gasteiger partial charge < -0.3 is 9.47 Å². The molecule has 1 aromatic carbocycles. The Bertz CT molecular complexity index is 845. The number of allylic oxidation sites excluding steroid dienone is 2. The van der Waals surface area contributed by atoms with Gasteiger partial charge >= 0.3 is 5.97 Å². The fourth-order valence-electron chi connectivity index (χ4n) is 2.71. The summed E-state index contributed by atoms with van der Waals surface area (Å²) in [5, 5.41) is 11.7. The molecule has 0 amide bonds. The molecule has 0 saturated heterocycles. The summed E-state index contributed by atoms with van der Waals surface area (Å²) in [5.74, 6) is 0.441. The molecule has 1 aromatic heterocycles. The normalized spacial score (nSPS) is 16.6. The Morgan fingerprint density at radius 2 is 2.08 bits per heavy atom. The molecule has 0 N–H and O–H groups in total. The SMILES string of the molecule is CCOC(=O)CC1=C[C@H](c2ccccc2)C(C#N)=C(c2cccs2)O1. The largest absolute Gasteiger partial charge is 0.466 e. The number of esters is 1. The van der Waals surface area contributed by atoms with E-state index in [0.717, 1.165) is 10.4 Å². The second-order valence-electron chi connectivity index (χ2n) is 5.44. The first kappa shape index (κ1) is 17.0. The predicted octanol–water partition coefficient (Wildman–Crippen LogP) is 4.63. The van der Waals surface area contributed by atoms with Crippen LogP contribution in [0.15, 0.2) is 65.3 Å². The number of rotatable bonds is 5. The zero-order valence-corrected chi connectivity index (χ0v) is 14.6. The highest BCUT2D eigenvalue weighted by molar-refractivity contribution is 7.11. The van der Waals surface area contributed by atoms with Crippen molar-refractivity contribution in [3.63, 3.8) is 0 Å². The molecule has 0 unspecified atom stereocenters. The van der Waals surface area contributed by atoms with Gasteiger partial charge in [-0.2, -0.15) is 5.26 Å². The fourth-order valence-corrected chi connectivity index (χ4v) is 3.43. The minimum absolute atomic E-state index is 0.0464. The van der Waals surface area contributed by atoms with Gasteiger partial charge in [-0.3, -0.25) is 4.79 Å². The van der Waals surface area contributed by atoms with E-state index in [-0.39, 0.29) is 18.3 Å². The van der Waals surface area contributed by atoms with Crippen molar-refractivity contribution in [2.75, 3.05) is 6.61 Å². The first-order valence-corrected chi connectivity index (χ1v) is 8.88. The minimum atomic E-state index is -0.341. The molecule has 0 spiro atoms. The quantitative estimate of drug-likeness (QED) is 0.737. The van der Waals surface area contributed by atoms with Crippen molar-refractivity contribution in [2.24, 2.45) is 0 Å². The van der Waals surface area contributed by atoms with Crippen LogP contribution in [0.4, 0.5) is 0 Å². The van der Waals surface area contributed by atoms with Gasteiger partial charge in [-0.15, -0.1) is 11.3 Å². The lowest BCUT2D eigenvalue weighted by molar-refractivity contribution is -0.142. The van der Waals surface area contributed by atoms with Gasteiger partial charge in [-0.05, 0) is 30.0 Å². The van der Waals surface area contributed by atoms with Crippen molar-refractivity contribution >= 4 is 23.1 Å². The number of carbonyl (C=O) groups is 1. The zero-order valence-electron chi connectivity index (χ0n) is 13.8. The van der Waals surface area contributed by atoms with E-state index < -0.39 is 0 Å². The Morgan fingerprint density at radius 3 is 2.72 bits per heavy atom. The van der Waals surface area contributed by atoms with Crippen molar-refractivity contribution in [2.45, 2.75) is 19.3 Å². The van der Waals surface area contributed by atoms with E-state index in [9.17, 15) is 10.1 Å². The van der Waals surface area contributed by atoms with E-state index in [1.54, 1.807) is 6.92 Å². The second kappa shape index (κ2) is 7.82. The maximum Gasteiger partial charge on any atom is 0.313 e. The van der Waals surface area contributed by atoms with E-state index in [1.165, 1.54) is 11.3 Å².